The summed E-state index contributed by atoms with van der Waals surface area (Å²) in [6.45, 7) is 13.9. The number of urea groups is 1. The number of benzene rings is 4. The van der Waals surface area contributed by atoms with Gasteiger partial charge in [0.05, 0.1) is 30.3 Å². The maximum Gasteiger partial charge on any atom is 0.324 e. The quantitative estimate of drug-likeness (QED) is 0.223. The first-order chi connectivity index (χ1) is 20.7. The van der Waals surface area contributed by atoms with Gasteiger partial charge in [0.15, 0.2) is 0 Å². The van der Waals surface area contributed by atoms with Gasteiger partial charge in [0.1, 0.15) is 5.82 Å². The van der Waals surface area contributed by atoms with Gasteiger partial charge in [-0.1, -0.05) is 74.9 Å². The zero-order chi connectivity index (χ0) is 30.1. The van der Waals surface area contributed by atoms with Gasteiger partial charge in [-0.3, -0.25) is 5.32 Å². The van der Waals surface area contributed by atoms with E-state index in [1.807, 2.05) is 48.5 Å². The molecule has 43 heavy (non-hydrogen) atoms. The number of nitrogens with one attached hydrogen (secondary N) is 2. The highest BCUT2D eigenvalue weighted by Crippen LogP contribution is 2.36. The van der Waals surface area contributed by atoms with Gasteiger partial charge in [0.25, 0.3) is 0 Å². The van der Waals surface area contributed by atoms with Crippen molar-refractivity contribution in [2.75, 3.05) is 41.8 Å². The summed E-state index contributed by atoms with van der Waals surface area (Å²) < 4.78 is 7.32. The van der Waals surface area contributed by atoms with E-state index in [0.717, 1.165) is 65.3 Å². The lowest BCUT2D eigenvalue weighted by Gasteiger charge is -2.29. The number of aryl methyl sites for hydroxylation is 2. The average molecular weight is 574 g/mol. The van der Waals surface area contributed by atoms with E-state index < -0.39 is 0 Å². The number of aromatic nitrogens is 2. The number of fused-ring (bicyclic) bond motifs is 1. The van der Waals surface area contributed by atoms with Crippen molar-refractivity contribution in [1.29, 1.82) is 0 Å². The highest BCUT2D eigenvalue weighted by atomic mass is 16.5. The van der Waals surface area contributed by atoms with Crippen LogP contribution < -0.4 is 15.5 Å². The molecular formula is C36H39N5O2. The molecule has 7 nitrogen and oxygen atoms in total. The van der Waals surface area contributed by atoms with Gasteiger partial charge in [-0.15, -0.1) is 0 Å². The van der Waals surface area contributed by atoms with Crippen LogP contribution in [-0.2, 0) is 10.2 Å². The van der Waals surface area contributed by atoms with Gasteiger partial charge in [0.2, 0.25) is 0 Å². The molecule has 220 valence electrons. The first-order valence-electron chi connectivity index (χ1n) is 14.9. The summed E-state index contributed by atoms with van der Waals surface area (Å²) in [6.07, 6.45) is 0. The Kier molecular flexibility index (Phi) is 7.67. The fourth-order valence-corrected chi connectivity index (χ4v) is 5.60. The Morgan fingerprint density at radius 1 is 0.791 bits per heavy atom. The molecule has 0 radical (unpaired) electrons. The zero-order valence-electron chi connectivity index (χ0n) is 25.6. The number of amides is 2. The fourth-order valence-electron chi connectivity index (χ4n) is 5.60. The van der Waals surface area contributed by atoms with Gasteiger partial charge in [0, 0.05) is 35.6 Å². The van der Waals surface area contributed by atoms with Crippen molar-refractivity contribution in [3.63, 3.8) is 0 Å². The number of hydrogen-bond acceptors (Lipinski definition) is 4. The molecule has 7 heteroatoms. The standard InChI is InChI=1S/C36H39N5O2/c1-24-10-12-26(13-11-24)41-34(23-33(39-41)36(3,4)5)38-35(42)37-32-17-16-30(29-8-6-7-9-31(29)32)28-15-14-27(22-25(28)2)40-18-20-43-21-19-40/h6-17,22-23H,18-21H2,1-5H3,(H2,37,38,42). The maximum absolute atomic E-state index is 13.4. The molecule has 2 heterocycles. The topological polar surface area (TPSA) is 71.4 Å². The van der Waals surface area contributed by atoms with E-state index in [2.05, 4.69) is 86.6 Å². The normalized spacial score (nSPS) is 13.7. The third-order valence-corrected chi connectivity index (χ3v) is 8.05. The van der Waals surface area contributed by atoms with Crippen LogP contribution in [0.25, 0.3) is 27.6 Å². The number of hydrogen-bond donors (Lipinski definition) is 2. The van der Waals surface area contributed by atoms with Crippen LogP contribution in [0.15, 0.2) is 84.9 Å². The predicted octanol–water partition coefficient (Wildman–Crippen LogP) is 8.09. The van der Waals surface area contributed by atoms with Crippen molar-refractivity contribution in [2.24, 2.45) is 0 Å². The molecule has 0 aliphatic carbocycles. The molecule has 4 aromatic carbocycles. The molecule has 1 aromatic heterocycles. The Bertz CT molecular complexity index is 1780. The van der Waals surface area contributed by atoms with E-state index in [4.69, 9.17) is 9.84 Å². The number of ether oxygens (including phenoxy) is 1. The maximum atomic E-state index is 13.4. The molecule has 5 aromatic rings. The molecule has 1 saturated heterocycles. The first-order valence-corrected chi connectivity index (χ1v) is 14.9. The Labute approximate surface area is 253 Å². The molecule has 0 atom stereocenters. The summed E-state index contributed by atoms with van der Waals surface area (Å²) in [5.41, 5.74) is 8.28. The van der Waals surface area contributed by atoms with E-state index in [0.29, 0.717) is 5.82 Å². The van der Waals surface area contributed by atoms with E-state index in [-0.39, 0.29) is 11.4 Å². The lowest BCUT2D eigenvalue weighted by Crippen LogP contribution is -2.36. The average Bonchev–Trinajstić information content (AvgIpc) is 3.43. The Balaban J connectivity index is 1.29. The van der Waals surface area contributed by atoms with Crippen molar-refractivity contribution < 1.29 is 9.53 Å². The number of carbonyl (C=O) groups excluding carboxylic acids is 1. The van der Waals surface area contributed by atoms with Crippen LogP contribution in [-0.4, -0.2) is 42.1 Å². The molecule has 0 bridgehead atoms. The van der Waals surface area contributed by atoms with Crippen LogP contribution in [0.1, 0.15) is 37.6 Å². The van der Waals surface area contributed by atoms with Crippen molar-refractivity contribution in [3.8, 4) is 16.8 Å². The van der Waals surface area contributed by atoms with Crippen molar-refractivity contribution in [3.05, 3.63) is 102 Å². The van der Waals surface area contributed by atoms with Crippen LogP contribution in [0.3, 0.4) is 0 Å². The summed E-state index contributed by atoms with van der Waals surface area (Å²) in [5, 5.41) is 13.1. The smallest absolute Gasteiger partial charge is 0.324 e. The van der Waals surface area contributed by atoms with E-state index in [1.54, 1.807) is 4.68 Å². The van der Waals surface area contributed by atoms with Gasteiger partial charge in [-0.2, -0.15) is 5.10 Å². The van der Waals surface area contributed by atoms with Crippen LogP contribution in [0.4, 0.5) is 22.0 Å². The number of carbonyl (C=O) groups is 1. The molecule has 1 aliphatic rings. The molecule has 1 fully saturated rings. The van der Waals surface area contributed by atoms with Crippen molar-refractivity contribution >= 4 is 34.0 Å². The Morgan fingerprint density at radius 2 is 1.47 bits per heavy atom. The molecule has 0 unspecified atom stereocenters. The summed E-state index contributed by atoms with van der Waals surface area (Å²) in [6, 6.07) is 28.7. The van der Waals surface area contributed by atoms with E-state index >= 15 is 0 Å². The molecule has 0 spiro atoms. The minimum Gasteiger partial charge on any atom is -0.378 e. The largest absolute Gasteiger partial charge is 0.378 e. The Morgan fingerprint density at radius 3 is 2.16 bits per heavy atom. The SMILES string of the molecule is Cc1ccc(-n2nc(C(C)(C)C)cc2NC(=O)Nc2ccc(-c3ccc(N4CCOCC4)cc3C)c3ccccc23)cc1. The number of anilines is 3. The highest BCUT2D eigenvalue weighted by molar-refractivity contribution is 6.10. The third kappa shape index (κ3) is 5.99. The summed E-state index contributed by atoms with van der Waals surface area (Å²) in [5.74, 6) is 0.614. The second kappa shape index (κ2) is 11.6. The van der Waals surface area contributed by atoms with E-state index in [9.17, 15) is 4.79 Å². The van der Waals surface area contributed by atoms with Crippen LogP contribution >= 0.6 is 0 Å². The zero-order valence-corrected chi connectivity index (χ0v) is 25.6. The molecular weight excluding hydrogens is 534 g/mol. The fraction of sp³-hybridized carbons (Fsp3) is 0.278. The molecule has 2 N–H and O–H groups in total. The van der Waals surface area contributed by atoms with Gasteiger partial charge >= 0.3 is 6.03 Å². The second-order valence-electron chi connectivity index (χ2n) is 12.3. The Hall–Kier alpha value is -4.62. The van der Waals surface area contributed by atoms with Crippen LogP contribution in [0, 0.1) is 13.8 Å². The van der Waals surface area contributed by atoms with E-state index in [1.165, 1.54) is 16.8 Å². The van der Waals surface area contributed by atoms with Crippen LogP contribution in [0.5, 0.6) is 0 Å². The van der Waals surface area contributed by atoms with Gasteiger partial charge in [-0.25, -0.2) is 9.48 Å². The summed E-state index contributed by atoms with van der Waals surface area (Å²) in [4.78, 5) is 15.8. The number of morpholine rings is 1. The van der Waals surface area contributed by atoms with Gasteiger partial charge < -0.3 is 15.0 Å². The third-order valence-electron chi connectivity index (χ3n) is 8.05. The lowest BCUT2D eigenvalue weighted by molar-refractivity contribution is 0.122. The predicted molar refractivity (Wildman–Crippen MR) is 177 cm³/mol. The number of rotatable bonds is 5. The highest BCUT2D eigenvalue weighted by Gasteiger charge is 2.22. The molecule has 2 amide bonds. The van der Waals surface area contributed by atoms with Crippen molar-refractivity contribution in [1.82, 2.24) is 9.78 Å². The molecule has 6 rings (SSSR count). The summed E-state index contributed by atoms with van der Waals surface area (Å²) in [7, 11) is 0. The lowest BCUT2D eigenvalue weighted by atomic mass is 9.92. The van der Waals surface area contributed by atoms with Crippen LogP contribution in [0.2, 0.25) is 0 Å². The molecule has 1 aliphatic heterocycles. The van der Waals surface area contributed by atoms with Gasteiger partial charge in [-0.05, 0) is 66.3 Å². The van der Waals surface area contributed by atoms with Crippen molar-refractivity contribution in [2.45, 2.75) is 40.0 Å². The summed E-state index contributed by atoms with van der Waals surface area (Å²) >= 11 is 0. The molecule has 0 saturated carbocycles. The minimum absolute atomic E-state index is 0.173. The number of nitrogens with zero attached hydrogens (tertiary/aromatic N) is 3. The minimum atomic E-state index is -0.322. The second-order valence-corrected chi connectivity index (χ2v) is 12.3. The first kappa shape index (κ1) is 28.5. The monoisotopic (exact) mass is 573 g/mol.